The Balaban J connectivity index is 0.00000312. The summed E-state index contributed by atoms with van der Waals surface area (Å²) in [5.74, 6) is 0. The minimum Gasteiger partial charge on any atom is -0.255 e. The van der Waals surface area contributed by atoms with Crippen LogP contribution in [-0.4, -0.2) is 11.9 Å². The third-order valence-corrected chi connectivity index (χ3v) is 3.83. The molecule has 0 atom stereocenters. The van der Waals surface area contributed by atoms with Gasteiger partial charge in [-0.15, -0.1) is 0 Å². The van der Waals surface area contributed by atoms with E-state index in [4.69, 9.17) is 4.99 Å². The van der Waals surface area contributed by atoms with Gasteiger partial charge in [0.05, 0.1) is 17.1 Å². The van der Waals surface area contributed by atoms with Crippen molar-refractivity contribution in [2.45, 2.75) is 53.9 Å². The zero-order valence-corrected chi connectivity index (χ0v) is 17.4. The van der Waals surface area contributed by atoms with Gasteiger partial charge >= 0.3 is 0 Å². The molecule has 25 heavy (non-hydrogen) atoms. The van der Waals surface area contributed by atoms with Gasteiger partial charge in [-0.1, -0.05) is 25.5 Å². The minimum atomic E-state index is 0. The molecule has 2 nitrogen and oxygen atoms in total. The molecule has 0 radical (unpaired) electrons. The van der Waals surface area contributed by atoms with Crippen molar-refractivity contribution < 1.29 is 20.4 Å². The maximum atomic E-state index is 4.85. The second-order valence-electron chi connectivity index (χ2n) is 6.66. The molecule has 0 saturated carbocycles. The van der Waals surface area contributed by atoms with E-state index in [2.05, 4.69) is 76.0 Å². The molecule has 0 fully saturated rings. The van der Waals surface area contributed by atoms with E-state index < -0.39 is 0 Å². The Morgan fingerprint density at radius 3 is 1.76 bits per heavy atom. The van der Waals surface area contributed by atoms with Crippen LogP contribution in [0.1, 0.15) is 48.4 Å². The van der Waals surface area contributed by atoms with Gasteiger partial charge in [0.2, 0.25) is 0 Å². The predicted octanol–water partition coefficient (Wildman–Crippen LogP) is 6.58. The summed E-state index contributed by atoms with van der Waals surface area (Å²) in [6, 6.07) is 12.8. The molecule has 0 amide bonds. The fourth-order valence-electron chi connectivity index (χ4n) is 2.86. The second-order valence-corrected chi connectivity index (χ2v) is 6.66. The fourth-order valence-corrected chi connectivity index (χ4v) is 2.86. The van der Waals surface area contributed by atoms with E-state index in [1.807, 2.05) is 6.21 Å². The summed E-state index contributed by atoms with van der Waals surface area (Å²) >= 11 is 0. The third-order valence-electron chi connectivity index (χ3n) is 3.83. The van der Waals surface area contributed by atoms with Crippen LogP contribution in [0.15, 0.2) is 46.4 Å². The zero-order chi connectivity index (χ0) is 17.5. The first-order valence-corrected chi connectivity index (χ1v) is 8.74. The number of aliphatic imine (C=N–C) groups is 2. The van der Waals surface area contributed by atoms with Crippen molar-refractivity contribution in [3.63, 3.8) is 0 Å². The standard InChI is InChI=1S/C22H28N2.Pd/c1-6-7-8-20(24-22-13-18(4)10-19(5)14-22)15-23-21-11-16(2)9-17(3)12-21;/h9-15H,6-8H2,1-5H3;. The van der Waals surface area contributed by atoms with Crippen LogP contribution in [0.5, 0.6) is 0 Å². The van der Waals surface area contributed by atoms with Crippen molar-refractivity contribution >= 4 is 23.3 Å². The Kier molecular flexibility index (Phi) is 8.97. The zero-order valence-electron chi connectivity index (χ0n) is 15.9. The number of aryl methyl sites for hydroxylation is 4. The van der Waals surface area contributed by atoms with Gasteiger partial charge in [-0.2, -0.15) is 0 Å². The Morgan fingerprint density at radius 2 is 1.28 bits per heavy atom. The monoisotopic (exact) mass is 426 g/mol. The Labute approximate surface area is 166 Å². The first kappa shape index (κ1) is 21.5. The molecule has 136 valence electrons. The summed E-state index contributed by atoms with van der Waals surface area (Å²) in [5.41, 5.74) is 8.03. The van der Waals surface area contributed by atoms with E-state index in [0.717, 1.165) is 36.3 Å². The average molecular weight is 427 g/mol. The van der Waals surface area contributed by atoms with Crippen LogP contribution in [0, 0.1) is 27.7 Å². The van der Waals surface area contributed by atoms with Crippen LogP contribution < -0.4 is 0 Å². The Hall–Kier alpha value is -1.56. The molecule has 2 aromatic carbocycles. The predicted molar refractivity (Wildman–Crippen MR) is 107 cm³/mol. The van der Waals surface area contributed by atoms with Crippen molar-refractivity contribution in [2.75, 3.05) is 0 Å². The van der Waals surface area contributed by atoms with Gasteiger partial charge in [0.15, 0.2) is 0 Å². The molecule has 3 heteroatoms. The maximum Gasteiger partial charge on any atom is 0.0638 e. The average Bonchev–Trinajstić information content (AvgIpc) is 2.48. The smallest absolute Gasteiger partial charge is 0.0638 e. The number of hydrogen-bond acceptors (Lipinski definition) is 2. The molecule has 0 aliphatic heterocycles. The van der Waals surface area contributed by atoms with Gasteiger partial charge in [0.25, 0.3) is 0 Å². The van der Waals surface area contributed by atoms with Crippen molar-refractivity contribution in [3.05, 3.63) is 58.7 Å². The van der Waals surface area contributed by atoms with E-state index in [9.17, 15) is 0 Å². The van der Waals surface area contributed by atoms with E-state index in [1.54, 1.807) is 0 Å². The maximum absolute atomic E-state index is 4.85. The summed E-state index contributed by atoms with van der Waals surface area (Å²) in [6.07, 6.45) is 5.17. The molecule has 0 N–H and O–H groups in total. The van der Waals surface area contributed by atoms with Crippen molar-refractivity contribution in [2.24, 2.45) is 9.98 Å². The summed E-state index contributed by atoms with van der Waals surface area (Å²) < 4.78 is 0. The normalized spacial score (nSPS) is 11.6. The van der Waals surface area contributed by atoms with E-state index in [-0.39, 0.29) is 20.4 Å². The topological polar surface area (TPSA) is 24.7 Å². The Bertz CT molecular complexity index is 720. The number of benzene rings is 2. The second kappa shape index (κ2) is 10.4. The molecule has 0 spiro atoms. The molecule has 0 aliphatic rings. The van der Waals surface area contributed by atoms with Crippen LogP contribution in [0.25, 0.3) is 0 Å². The van der Waals surface area contributed by atoms with E-state index in [0.29, 0.717) is 0 Å². The minimum absolute atomic E-state index is 0. The third kappa shape index (κ3) is 7.47. The van der Waals surface area contributed by atoms with Crippen LogP contribution in [0.4, 0.5) is 11.4 Å². The molecule has 0 aliphatic carbocycles. The Morgan fingerprint density at radius 1 is 0.800 bits per heavy atom. The summed E-state index contributed by atoms with van der Waals surface area (Å²) in [6.45, 7) is 10.6. The van der Waals surface area contributed by atoms with Crippen LogP contribution in [0.3, 0.4) is 0 Å². The van der Waals surface area contributed by atoms with E-state index in [1.165, 1.54) is 22.3 Å². The molecule has 0 unspecified atom stereocenters. The number of unbranched alkanes of at least 4 members (excludes halogenated alkanes) is 1. The molecular formula is C22H28N2Pd. The fraction of sp³-hybridized carbons (Fsp3) is 0.364. The first-order chi connectivity index (χ1) is 11.5. The van der Waals surface area contributed by atoms with Crippen molar-refractivity contribution in [1.29, 1.82) is 0 Å². The van der Waals surface area contributed by atoms with Gasteiger partial charge in [-0.05, 0) is 87.1 Å². The van der Waals surface area contributed by atoms with Crippen molar-refractivity contribution in [3.8, 4) is 0 Å². The molecule has 0 saturated heterocycles. The van der Waals surface area contributed by atoms with Gasteiger partial charge < -0.3 is 0 Å². The number of nitrogens with zero attached hydrogens (tertiary/aromatic N) is 2. The molecule has 0 heterocycles. The molecule has 0 bridgehead atoms. The van der Waals surface area contributed by atoms with Gasteiger partial charge in [-0.3, -0.25) is 9.98 Å². The van der Waals surface area contributed by atoms with Gasteiger partial charge in [-0.25, -0.2) is 0 Å². The van der Waals surface area contributed by atoms with E-state index >= 15 is 0 Å². The molecule has 2 aromatic rings. The quantitative estimate of drug-likeness (QED) is 0.368. The summed E-state index contributed by atoms with van der Waals surface area (Å²) in [5, 5.41) is 0. The molecule has 2 rings (SSSR count). The number of rotatable bonds is 6. The summed E-state index contributed by atoms with van der Waals surface area (Å²) in [4.78, 5) is 9.51. The number of hydrogen-bond donors (Lipinski definition) is 0. The van der Waals surface area contributed by atoms with Crippen molar-refractivity contribution in [1.82, 2.24) is 0 Å². The first-order valence-electron chi connectivity index (χ1n) is 8.74. The molecular weight excluding hydrogens is 399 g/mol. The van der Waals surface area contributed by atoms with Gasteiger partial charge in [0.1, 0.15) is 0 Å². The summed E-state index contributed by atoms with van der Waals surface area (Å²) in [7, 11) is 0. The SMILES string of the molecule is CCCCC(C=Nc1cc(C)cc(C)c1)=Nc1cc(C)cc(C)c1.[Pd]. The van der Waals surface area contributed by atoms with Crippen LogP contribution in [-0.2, 0) is 20.4 Å². The van der Waals surface area contributed by atoms with Crippen LogP contribution >= 0.6 is 0 Å². The van der Waals surface area contributed by atoms with Crippen LogP contribution in [0.2, 0.25) is 0 Å². The largest absolute Gasteiger partial charge is 0.255 e. The molecule has 0 aromatic heterocycles. The van der Waals surface area contributed by atoms with Gasteiger partial charge in [0, 0.05) is 26.6 Å².